The fraction of sp³-hybridized carbons (Fsp3) is 0.500. The van der Waals surface area contributed by atoms with E-state index in [1.165, 1.54) is 22.3 Å². The van der Waals surface area contributed by atoms with Crippen molar-refractivity contribution in [1.29, 1.82) is 0 Å². The summed E-state index contributed by atoms with van der Waals surface area (Å²) in [5.41, 5.74) is 5.29. The Hall–Kier alpha value is -0.860. The zero-order valence-corrected chi connectivity index (χ0v) is 9.48. The predicted molar refractivity (Wildman–Crippen MR) is 59.4 cm³/mol. The summed E-state index contributed by atoms with van der Waals surface area (Å²) in [6.07, 6.45) is 0. The van der Waals surface area contributed by atoms with Crippen LogP contribution in [-0.4, -0.2) is 14.2 Å². The fourth-order valence-corrected chi connectivity index (χ4v) is 1.63. The Morgan fingerprint density at radius 1 is 1.14 bits per heavy atom. The molecule has 0 atom stereocenters. The quantitative estimate of drug-likeness (QED) is 0.791. The Balaban J connectivity index is 2.97. The number of nitrogens with one attached hydrogen (secondary N) is 1. The van der Waals surface area contributed by atoms with Crippen LogP contribution in [0, 0.1) is 13.8 Å². The lowest BCUT2D eigenvalue weighted by Crippen LogP contribution is -2.07. The third-order valence-electron chi connectivity index (χ3n) is 2.46. The Bertz CT molecular complexity index is 276. The van der Waals surface area contributed by atoms with E-state index in [4.69, 9.17) is 4.74 Å². The van der Waals surface area contributed by atoms with Gasteiger partial charge in [-0.1, -0.05) is 12.1 Å². The largest absolute Gasteiger partial charge is 0.380 e. The summed E-state index contributed by atoms with van der Waals surface area (Å²) in [5, 5.41) is 3.17. The summed E-state index contributed by atoms with van der Waals surface area (Å²) >= 11 is 0. The first kappa shape index (κ1) is 11.2. The second-order valence-corrected chi connectivity index (χ2v) is 3.67. The normalized spacial score (nSPS) is 10.6. The molecule has 0 aliphatic carbocycles. The van der Waals surface area contributed by atoms with E-state index in [-0.39, 0.29) is 0 Å². The number of rotatable bonds is 4. The molecule has 0 aromatic heterocycles. The van der Waals surface area contributed by atoms with Crippen LogP contribution in [0.25, 0.3) is 0 Å². The zero-order chi connectivity index (χ0) is 10.6. The molecule has 0 unspecified atom stereocenters. The summed E-state index contributed by atoms with van der Waals surface area (Å²) in [5.74, 6) is 0. The summed E-state index contributed by atoms with van der Waals surface area (Å²) in [6, 6.07) is 4.45. The van der Waals surface area contributed by atoms with Crippen molar-refractivity contribution in [3.05, 3.63) is 34.4 Å². The molecule has 0 heterocycles. The summed E-state index contributed by atoms with van der Waals surface area (Å²) in [6.45, 7) is 5.91. The fourth-order valence-electron chi connectivity index (χ4n) is 1.63. The molecule has 0 saturated carbocycles. The molecular formula is C12H19NO. The predicted octanol–water partition coefficient (Wildman–Crippen LogP) is 2.17. The van der Waals surface area contributed by atoms with Gasteiger partial charge in [0.25, 0.3) is 0 Å². The minimum absolute atomic E-state index is 0.701. The van der Waals surface area contributed by atoms with Crippen molar-refractivity contribution in [3.63, 3.8) is 0 Å². The molecule has 0 radical (unpaired) electrons. The Labute approximate surface area is 86.3 Å². The molecule has 0 aliphatic heterocycles. The van der Waals surface area contributed by atoms with E-state index in [0.717, 1.165) is 6.54 Å². The topological polar surface area (TPSA) is 21.3 Å². The summed E-state index contributed by atoms with van der Waals surface area (Å²) in [7, 11) is 3.70. The molecule has 1 rings (SSSR count). The van der Waals surface area contributed by atoms with E-state index in [9.17, 15) is 0 Å². The van der Waals surface area contributed by atoms with Crippen molar-refractivity contribution in [2.24, 2.45) is 0 Å². The van der Waals surface area contributed by atoms with Gasteiger partial charge >= 0.3 is 0 Å². The molecule has 0 amide bonds. The smallest absolute Gasteiger partial charge is 0.0715 e. The maximum Gasteiger partial charge on any atom is 0.0715 e. The highest BCUT2D eigenvalue weighted by molar-refractivity contribution is 5.36. The van der Waals surface area contributed by atoms with E-state index in [1.54, 1.807) is 7.11 Å². The monoisotopic (exact) mass is 193 g/mol. The minimum Gasteiger partial charge on any atom is -0.380 e. The lowest BCUT2D eigenvalue weighted by Gasteiger charge is -2.11. The van der Waals surface area contributed by atoms with Gasteiger partial charge < -0.3 is 10.1 Å². The minimum atomic E-state index is 0.701. The highest BCUT2D eigenvalue weighted by Gasteiger charge is 2.03. The van der Waals surface area contributed by atoms with Crippen molar-refractivity contribution in [3.8, 4) is 0 Å². The van der Waals surface area contributed by atoms with Gasteiger partial charge in [-0.25, -0.2) is 0 Å². The van der Waals surface area contributed by atoms with Gasteiger partial charge in [-0.2, -0.15) is 0 Å². The lowest BCUT2D eigenvalue weighted by molar-refractivity contribution is 0.184. The van der Waals surface area contributed by atoms with Crippen LogP contribution in [0.15, 0.2) is 12.1 Å². The SMILES string of the molecule is CNCc1cc(C)c(COC)cc1C. The Morgan fingerprint density at radius 2 is 1.71 bits per heavy atom. The van der Waals surface area contributed by atoms with E-state index in [1.807, 2.05) is 7.05 Å². The third kappa shape index (κ3) is 2.56. The molecule has 2 nitrogen and oxygen atoms in total. The van der Waals surface area contributed by atoms with E-state index in [0.29, 0.717) is 6.61 Å². The highest BCUT2D eigenvalue weighted by atomic mass is 16.5. The second kappa shape index (κ2) is 5.13. The van der Waals surface area contributed by atoms with Crippen LogP contribution in [0.5, 0.6) is 0 Å². The van der Waals surface area contributed by atoms with Crippen LogP contribution in [0.1, 0.15) is 22.3 Å². The van der Waals surface area contributed by atoms with Gasteiger partial charge in [0.2, 0.25) is 0 Å². The Kier molecular flexibility index (Phi) is 4.11. The van der Waals surface area contributed by atoms with Crippen LogP contribution in [0.4, 0.5) is 0 Å². The molecule has 1 aromatic carbocycles. The van der Waals surface area contributed by atoms with Crippen molar-refractivity contribution < 1.29 is 4.74 Å². The van der Waals surface area contributed by atoms with Gasteiger partial charge in [0, 0.05) is 13.7 Å². The van der Waals surface area contributed by atoms with E-state index >= 15 is 0 Å². The highest BCUT2D eigenvalue weighted by Crippen LogP contribution is 2.16. The molecular weight excluding hydrogens is 174 g/mol. The van der Waals surface area contributed by atoms with Crippen LogP contribution in [-0.2, 0) is 17.9 Å². The maximum absolute atomic E-state index is 5.15. The standard InChI is InChI=1S/C12H19NO/c1-9-6-12(8-14-4)10(2)5-11(9)7-13-3/h5-6,13H,7-8H2,1-4H3. The summed E-state index contributed by atoms with van der Waals surface area (Å²) in [4.78, 5) is 0. The van der Waals surface area contributed by atoms with E-state index < -0.39 is 0 Å². The molecule has 0 aliphatic rings. The van der Waals surface area contributed by atoms with Gasteiger partial charge in [0.1, 0.15) is 0 Å². The van der Waals surface area contributed by atoms with Crippen LogP contribution < -0.4 is 5.32 Å². The van der Waals surface area contributed by atoms with Crippen molar-refractivity contribution >= 4 is 0 Å². The van der Waals surface area contributed by atoms with Gasteiger partial charge in [-0.3, -0.25) is 0 Å². The van der Waals surface area contributed by atoms with Gasteiger partial charge in [0.05, 0.1) is 6.61 Å². The number of methoxy groups -OCH3 is 1. The average Bonchev–Trinajstić information content (AvgIpc) is 2.14. The maximum atomic E-state index is 5.15. The third-order valence-corrected chi connectivity index (χ3v) is 2.46. The molecule has 1 N–H and O–H groups in total. The molecule has 0 bridgehead atoms. The first-order valence-corrected chi connectivity index (χ1v) is 4.91. The number of benzene rings is 1. The van der Waals surface area contributed by atoms with Crippen LogP contribution in [0.2, 0.25) is 0 Å². The van der Waals surface area contributed by atoms with Crippen LogP contribution >= 0.6 is 0 Å². The number of aryl methyl sites for hydroxylation is 2. The molecule has 0 fully saturated rings. The molecule has 14 heavy (non-hydrogen) atoms. The Morgan fingerprint density at radius 3 is 2.29 bits per heavy atom. The lowest BCUT2D eigenvalue weighted by atomic mass is 10.0. The number of hydrogen-bond donors (Lipinski definition) is 1. The van der Waals surface area contributed by atoms with Crippen molar-refractivity contribution in [2.75, 3.05) is 14.2 Å². The summed E-state index contributed by atoms with van der Waals surface area (Å²) < 4.78 is 5.15. The van der Waals surface area contributed by atoms with Crippen molar-refractivity contribution in [1.82, 2.24) is 5.32 Å². The first-order valence-electron chi connectivity index (χ1n) is 4.91. The second-order valence-electron chi connectivity index (χ2n) is 3.67. The zero-order valence-electron chi connectivity index (χ0n) is 9.48. The van der Waals surface area contributed by atoms with E-state index in [2.05, 4.69) is 31.3 Å². The molecule has 2 heteroatoms. The number of hydrogen-bond acceptors (Lipinski definition) is 2. The first-order chi connectivity index (χ1) is 6.69. The van der Waals surface area contributed by atoms with Crippen molar-refractivity contribution in [2.45, 2.75) is 27.0 Å². The average molecular weight is 193 g/mol. The van der Waals surface area contributed by atoms with Crippen LogP contribution in [0.3, 0.4) is 0 Å². The molecule has 0 saturated heterocycles. The molecule has 0 spiro atoms. The molecule has 1 aromatic rings. The van der Waals surface area contributed by atoms with Gasteiger partial charge in [-0.05, 0) is 43.1 Å². The molecule has 78 valence electrons. The number of ether oxygens (including phenoxy) is 1. The van der Waals surface area contributed by atoms with Gasteiger partial charge in [-0.15, -0.1) is 0 Å². The van der Waals surface area contributed by atoms with Gasteiger partial charge in [0.15, 0.2) is 0 Å².